The summed E-state index contributed by atoms with van der Waals surface area (Å²) in [5, 5.41) is 16.4. The summed E-state index contributed by atoms with van der Waals surface area (Å²) in [4.78, 5) is 13.9. The summed E-state index contributed by atoms with van der Waals surface area (Å²) in [7, 11) is -4.04. The third kappa shape index (κ3) is 4.89. The Morgan fingerprint density at radius 3 is 2.38 bits per heavy atom. The molecular weight excluding hydrogens is 459 g/mol. The van der Waals surface area contributed by atoms with Gasteiger partial charge in [-0.3, -0.25) is 4.79 Å². The van der Waals surface area contributed by atoms with E-state index in [9.17, 15) is 18.3 Å². The summed E-state index contributed by atoms with van der Waals surface area (Å²) in [6.45, 7) is 8.41. The zero-order valence-electron chi connectivity index (χ0n) is 20.4. The maximum Gasteiger partial charge on any atom is 1.00 e. The first-order chi connectivity index (χ1) is 15.4. The van der Waals surface area contributed by atoms with E-state index in [1.54, 1.807) is 30.3 Å². The predicted molar refractivity (Wildman–Crippen MR) is 128 cm³/mol. The van der Waals surface area contributed by atoms with Gasteiger partial charge in [0, 0.05) is 0 Å². The molecule has 4 rings (SSSR count). The minimum atomic E-state index is -4.04. The molecule has 174 valence electrons. The number of Topliss-reactive ketones (excluding diaryl/α,β-unsaturated/α-hetero) is 1. The number of carbonyl (C=O) groups is 1. The first-order valence-corrected chi connectivity index (χ1v) is 12.7. The zero-order valence-corrected chi connectivity index (χ0v) is 23.3. The first kappa shape index (κ1) is 26.7. The number of rotatable bonds is 5. The Morgan fingerprint density at radius 1 is 1.03 bits per heavy atom. The molecule has 0 bridgehead atoms. The van der Waals surface area contributed by atoms with Gasteiger partial charge < -0.3 is 10.4 Å². The SMILES string of the molecule is CC(C)(C)CCCCC1(C)C(=O)C(C2=NS(=O)(=O)c3ccccc3N2)=C([O-])c2ccccc21.[Na+]. The number of carbonyl (C=O) groups excluding carboxylic acids is 1. The Hall–Kier alpha value is -1.93. The largest absolute Gasteiger partial charge is 1.00 e. The fourth-order valence-corrected chi connectivity index (χ4v) is 5.74. The van der Waals surface area contributed by atoms with Crippen LogP contribution >= 0.6 is 0 Å². The van der Waals surface area contributed by atoms with Gasteiger partial charge in [-0.15, -0.1) is 4.40 Å². The van der Waals surface area contributed by atoms with Crippen molar-refractivity contribution in [2.45, 2.75) is 63.7 Å². The summed E-state index contributed by atoms with van der Waals surface area (Å²) in [6, 6.07) is 13.4. The fourth-order valence-electron chi connectivity index (χ4n) is 4.62. The molecule has 0 radical (unpaired) electrons. The van der Waals surface area contributed by atoms with Crippen LogP contribution in [0.25, 0.3) is 5.76 Å². The molecule has 1 atom stereocenters. The average molecular weight is 489 g/mol. The molecule has 0 aromatic heterocycles. The van der Waals surface area contributed by atoms with Gasteiger partial charge >= 0.3 is 29.6 Å². The second-order valence-corrected chi connectivity index (χ2v) is 11.8. The van der Waals surface area contributed by atoms with Gasteiger partial charge in [0.25, 0.3) is 10.0 Å². The van der Waals surface area contributed by atoms with Crippen LogP contribution in [0.3, 0.4) is 0 Å². The molecule has 0 amide bonds. The van der Waals surface area contributed by atoms with E-state index in [-0.39, 0.29) is 57.1 Å². The number of benzene rings is 2. The number of amidine groups is 1. The maximum atomic E-state index is 13.9. The van der Waals surface area contributed by atoms with E-state index >= 15 is 0 Å². The molecule has 2 aromatic rings. The molecule has 1 aliphatic carbocycles. The van der Waals surface area contributed by atoms with Crippen molar-refractivity contribution in [3.8, 4) is 0 Å². The Bertz CT molecular complexity index is 1290. The number of nitrogens with one attached hydrogen (secondary N) is 1. The zero-order chi connectivity index (χ0) is 24.0. The van der Waals surface area contributed by atoms with E-state index in [1.165, 1.54) is 6.07 Å². The summed E-state index contributed by atoms with van der Waals surface area (Å²) in [5.41, 5.74) is 0.491. The van der Waals surface area contributed by atoms with Gasteiger partial charge in [-0.2, -0.15) is 8.42 Å². The molecule has 2 aliphatic rings. The molecule has 0 spiro atoms. The summed E-state index contributed by atoms with van der Waals surface area (Å²) in [5.74, 6) is -1.08. The number of hydrogen-bond donors (Lipinski definition) is 1. The van der Waals surface area contributed by atoms with Crippen molar-refractivity contribution in [3.63, 3.8) is 0 Å². The van der Waals surface area contributed by atoms with Crippen LogP contribution in [0, 0.1) is 5.41 Å². The van der Waals surface area contributed by atoms with Crippen LogP contribution in [0.5, 0.6) is 0 Å². The summed E-state index contributed by atoms with van der Waals surface area (Å²) < 4.78 is 29.4. The van der Waals surface area contributed by atoms with Crippen molar-refractivity contribution >= 4 is 33.1 Å². The Labute approximate surface area is 223 Å². The number of anilines is 1. The first-order valence-electron chi connectivity index (χ1n) is 11.2. The van der Waals surface area contributed by atoms with Crippen molar-refractivity contribution < 1.29 is 47.9 Å². The number of nitrogens with zero attached hydrogens (tertiary/aromatic N) is 1. The molecule has 6 nitrogen and oxygen atoms in total. The standard InChI is InChI=1S/C26H30N2O4S.Na/c1-25(2,3)15-9-10-16-26(4)18-12-6-5-11-17(18)22(29)21(23(26)30)24-27-19-13-7-8-14-20(19)33(31,32)28-24;/h5-8,11-14,29H,9-10,15-16H2,1-4H3,(H,27,28);/q;+1/p-1. The van der Waals surface area contributed by atoms with E-state index in [0.29, 0.717) is 23.2 Å². The number of unbranched alkanes of at least 4 members (excludes halogenated alkanes) is 1. The monoisotopic (exact) mass is 488 g/mol. The van der Waals surface area contributed by atoms with Crippen molar-refractivity contribution in [1.82, 2.24) is 0 Å². The van der Waals surface area contributed by atoms with Gasteiger partial charge in [-0.05, 0) is 48.4 Å². The van der Waals surface area contributed by atoms with Crippen molar-refractivity contribution in [2.24, 2.45) is 9.81 Å². The topological polar surface area (TPSA) is 98.7 Å². The van der Waals surface area contributed by atoms with Crippen LogP contribution in [0.2, 0.25) is 0 Å². The molecule has 1 heterocycles. The molecule has 0 saturated heterocycles. The number of ketones is 1. The van der Waals surface area contributed by atoms with Crippen LogP contribution < -0.4 is 40.0 Å². The minimum Gasteiger partial charge on any atom is -0.871 e. The molecule has 8 heteroatoms. The van der Waals surface area contributed by atoms with Crippen molar-refractivity contribution in [2.75, 3.05) is 5.32 Å². The van der Waals surface area contributed by atoms with Crippen LogP contribution in [-0.4, -0.2) is 20.0 Å². The normalized spacial score (nSPS) is 21.1. The van der Waals surface area contributed by atoms with E-state index in [0.717, 1.165) is 19.3 Å². The van der Waals surface area contributed by atoms with Gasteiger partial charge in [-0.1, -0.05) is 75.8 Å². The van der Waals surface area contributed by atoms with Crippen LogP contribution in [0.15, 0.2) is 63.4 Å². The molecule has 1 unspecified atom stereocenters. The molecule has 2 aromatic carbocycles. The van der Waals surface area contributed by atoms with Gasteiger partial charge in [0.05, 0.1) is 16.7 Å². The maximum absolute atomic E-state index is 13.9. The molecule has 34 heavy (non-hydrogen) atoms. The van der Waals surface area contributed by atoms with E-state index < -0.39 is 21.2 Å². The number of para-hydroxylation sites is 1. The van der Waals surface area contributed by atoms with Gasteiger partial charge in [-0.25, -0.2) is 0 Å². The van der Waals surface area contributed by atoms with Crippen molar-refractivity contribution in [1.29, 1.82) is 0 Å². The third-order valence-corrected chi connectivity index (χ3v) is 7.78. The van der Waals surface area contributed by atoms with E-state index in [2.05, 4.69) is 30.5 Å². The molecule has 0 fully saturated rings. The van der Waals surface area contributed by atoms with Gasteiger partial charge in [0.1, 0.15) is 4.90 Å². The molecule has 0 saturated carbocycles. The Balaban J connectivity index is 0.00000324. The van der Waals surface area contributed by atoms with E-state index in [4.69, 9.17) is 0 Å². The third-order valence-electron chi connectivity index (χ3n) is 6.44. The average Bonchev–Trinajstić information content (AvgIpc) is 2.75. The van der Waals surface area contributed by atoms with Crippen molar-refractivity contribution in [3.05, 3.63) is 65.2 Å². The number of hydrogen-bond acceptors (Lipinski definition) is 5. The summed E-state index contributed by atoms with van der Waals surface area (Å²) >= 11 is 0. The Kier molecular flexibility index (Phi) is 7.54. The van der Waals surface area contributed by atoms with E-state index in [1.807, 2.05) is 19.1 Å². The van der Waals surface area contributed by atoms with Gasteiger partial charge in [0.2, 0.25) is 0 Å². The smallest absolute Gasteiger partial charge is 0.871 e. The number of sulfonamides is 1. The van der Waals surface area contributed by atoms with Gasteiger partial charge in [0.15, 0.2) is 11.6 Å². The fraction of sp³-hybridized carbons (Fsp3) is 0.385. The predicted octanol–water partition coefficient (Wildman–Crippen LogP) is 1.42. The van der Waals surface area contributed by atoms with Crippen LogP contribution in [0.4, 0.5) is 5.69 Å². The minimum absolute atomic E-state index is 0. The van der Waals surface area contributed by atoms with Crippen LogP contribution in [-0.2, 0) is 20.2 Å². The second-order valence-electron chi connectivity index (χ2n) is 10.2. The second kappa shape index (κ2) is 9.61. The Morgan fingerprint density at radius 2 is 1.68 bits per heavy atom. The van der Waals surface area contributed by atoms with Crippen LogP contribution in [0.1, 0.15) is 64.5 Å². The number of fused-ring (bicyclic) bond motifs is 2. The molecule has 1 aliphatic heterocycles. The summed E-state index contributed by atoms with van der Waals surface area (Å²) in [6.07, 6.45) is 3.36. The molecular formula is C26H29N2NaO4S. The molecule has 1 N–H and O–H groups in total. The quantitative estimate of drug-likeness (QED) is 0.507.